The zero-order chi connectivity index (χ0) is 42.1. The number of nitrogens with zero attached hydrogens (tertiary/aromatic N) is 1. The molecule has 0 heterocycles. The molecular formula is C43H66N4O11. The first-order chi connectivity index (χ1) is 28.2. The number of rotatable bonds is 34. The molecule has 0 unspecified atom stereocenters. The van der Waals surface area contributed by atoms with Gasteiger partial charge in [0, 0.05) is 40.8 Å². The Balaban J connectivity index is 1.73. The summed E-state index contributed by atoms with van der Waals surface area (Å²) in [7, 11) is 4.77. The summed E-state index contributed by atoms with van der Waals surface area (Å²) < 4.78 is 31.2. The van der Waals surface area contributed by atoms with Crippen molar-refractivity contribution < 1.29 is 52.4 Å². The molecule has 2 aromatic carbocycles. The molecule has 15 nitrogen and oxygen atoms in total. The number of imide groups is 1. The molecule has 1 atom stereocenters. The van der Waals surface area contributed by atoms with Crippen molar-refractivity contribution in [3.63, 3.8) is 0 Å². The maximum atomic E-state index is 13.5. The van der Waals surface area contributed by atoms with Crippen LogP contribution in [-0.2, 0) is 71.7 Å². The van der Waals surface area contributed by atoms with Crippen molar-refractivity contribution in [2.45, 2.75) is 70.3 Å². The number of likely N-dealkylation sites (N-methyl/N-ethyl adjacent to an activating group) is 1. The molecule has 0 spiro atoms. The van der Waals surface area contributed by atoms with E-state index in [0.29, 0.717) is 71.9 Å². The monoisotopic (exact) mass is 814 g/mol. The van der Waals surface area contributed by atoms with Crippen molar-refractivity contribution in [2.24, 2.45) is 0 Å². The number of ether oxygens (including phenoxy) is 6. The zero-order valence-corrected chi connectivity index (χ0v) is 34.8. The molecule has 0 saturated carbocycles. The van der Waals surface area contributed by atoms with Crippen LogP contribution in [0.3, 0.4) is 0 Å². The van der Waals surface area contributed by atoms with Crippen molar-refractivity contribution in [2.75, 3.05) is 100 Å². The molecule has 2 rings (SSSR count). The highest BCUT2D eigenvalue weighted by Crippen LogP contribution is 2.12. The largest absolute Gasteiger partial charge is 0.382 e. The van der Waals surface area contributed by atoms with Crippen LogP contribution < -0.4 is 16.0 Å². The molecule has 0 aliphatic carbocycles. The smallest absolute Gasteiger partial charge is 0.246 e. The molecule has 0 fully saturated rings. The van der Waals surface area contributed by atoms with E-state index in [2.05, 4.69) is 40.2 Å². The second-order valence-corrected chi connectivity index (χ2v) is 13.8. The van der Waals surface area contributed by atoms with Crippen LogP contribution in [0.5, 0.6) is 0 Å². The van der Waals surface area contributed by atoms with Crippen molar-refractivity contribution in [1.82, 2.24) is 20.9 Å². The maximum Gasteiger partial charge on any atom is 0.246 e. The summed E-state index contributed by atoms with van der Waals surface area (Å²) in [6.45, 7) is 3.22. The van der Waals surface area contributed by atoms with Crippen LogP contribution >= 0.6 is 0 Å². The minimum absolute atomic E-state index is 0.0485. The van der Waals surface area contributed by atoms with Crippen molar-refractivity contribution in [3.8, 4) is 0 Å². The highest BCUT2D eigenvalue weighted by Gasteiger charge is 2.24. The van der Waals surface area contributed by atoms with E-state index < -0.39 is 17.9 Å². The third-order valence-corrected chi connectivity index (χ3v) is 8.91. The van der Waals surface area contributed by atoms with Gasteiger partial charge in [-0.2, -0.15) is 0 Å². The first-order valence-electron chi connectivity index (χ1n) is 20.3. The summed E-state index contributed by atoms with van der Waals surface area (Å²) in [6.07, 6.45) is 6.08. The second kappa shape index (κ2) is 32.7. The topological polar surface area (TPSA) is 180 Å². The maximum absolute atomic E-state index is 13.5. The van der Waals surface area contributed by atoms with Crippen molar-refractivity contribution >= 4 is 29.5 Å². The molecule has 0 aliphatic rings. The molecule has 58 heavy (non-hydrogen) atoms. The van der Waals surface area contributed by atoms with Crippen LogP contribution in [0.15, 0.2) is 54.6 Å². The molecule has 5 amide bonds. The van der Waals surface area contributed by atoms with Crippen LogP contribution in [0.4, 0.5) is 0 Å². The Hall–Kier alpha value is -4.25. The van der Waals surface area contributed by atoms with Gasteiger partial charge in [0.15, 0.2) is 0 Å². The van der Waals surface area contributed by atoms with E-state index >= 15 is 0 Å². The minimum atomic E-state index is -0.840. The zero-order valence-electron chi connectivity index (χ0n) is 34.8. The van der Waals surface area contributed by atoms with E-state index in [0.717, 1.165) is 31.2 Å². The lowest BCUT2D eigenvalue weighted by molar-refractivity contribution is -0.137. The van der Waals surface area contributed by atoms with E-state index in [1.54, 1.807) is 21.3 Å². The summed E-state index contributed by atoms with van der Waals surface area (Å²) in [4.78, 5) is 64.9. The molecular weight excluding hydrogens is 748 g/mol. The highest BCUT2D eigenvalue weighted by atomic mass is 16.5. The molecule has 0 aliphatic heterocycles. The van der Waals surface area contributed by atoms with E-state index in [1.807, 2.05) is 30.3 Å². The van der Waals surface area contributed by atoms with E-state index in [4.69, 9.17) is 28.4 Å². The van der Waals surface area contributed by atoms with Gasteiger partial charge < -0.3 is 44.0 Å². The second-order valence-electron chi connectivity index (χ2n) is 13.8. The Kier molecular flexibility index (Phi) is 28.1. The molecule has 324 valence electrons. The normalized spacial score (nSPS) is 11.5. The predicted octanol–water partition coefficient (Wildman–Crippen LogP) is 2.81. The van der Waals surface area contributed by atoms with Crippen LogP contribution in [0, 0.1) is 0 Å². The average Bonchev–Trinajstić information content (AvgIpc) is 3.21. The Morgan fingerprint density at radius 2 is 1.14 bits per heavy atom. The first kappa shape index (κ1) is 49.9. The number of carbonyl (C=O) groups is 5. The number of carbonyl (C=O) groups excluding carboxylic acids is 5. The van der Waals surface area contributed by atoms with Crippen LogP contribution in [-0.4, -0.2) is 141 Å². The number of unbranched alkanes of at least 4 members (excludes halogenated alkanes) is 2. The molecule has 3 N–H and O–H groups in total. The van der Waals surface area contributed by atoms with Gasteiger partial charge in [-0.05, 0) is 68.1 Å². The van der Waals surface area contributed by atoms with Crippen molar-refractivity contribution in [3.05, 3.63) is 71.3 Å². The minimum Gasteiger partial charge on any atom is -0.382 e. The van der Waals surface area contributed by atoms with Gasteiger partial charge in [-0.15, -0.1) is 0 Å². The standard InChI is InChI=1S/C43H66N4O11/c1-47(23-11-17-39(48)46-40(49)32-37-20-18-36(19-21-37)15-8-7-14-35-12-5-4-6-13-35)43(52)38(45-42(51)34-58-31-29-56-27-25-54-3)16-9-10-22-44-41(50)33-57-30-28-55-26-24-53-2/h4-6,12-13,18-21,38H,7-11,14-17,22-34H2,1-3H3,(H,44,50)(H,45,51)(H,46,48,49)/t38-/m0/s1. The number of nitrogens with one attached hydrogen (secondary N) is 3. The Labute approximate surface area is 344 Å². The van der Waals surface area contributed by atoms with Crippen LogP contribution in [0.1, 0.15) is 61.6 Å². The average molecular weight is 815 g/mol. The predicted molar refractivity (Wildman–Crippen MR) is 219 cm³/mol. The van der Waals surface area contributed by atoms with Gasteiger partial charge in [-0.1, -0.05) is 54.6 Å². The molecule has 0 bridgehead atoms. The summed E-state index contributed by atoms with van der Waals surface area (Å²) in [5.74, 6) is -1.84. The van der Waals surface area contributed by atoms with E-state index in [9.17, 15) is 24.0 Å². The van der Waals surface area contributed by atoms with Gasteiger partial charge >= 0.3 is 0 Å². The fraction of sp³-hybridized carbons (Fsp3) is 0.605. The molecule has 2 aromatic rings. The van der Waals surface area contributed by atoms with Crippen molar-refractivity contribution in [1.29, 1.82) is 0 Å². The Bertz CT molecular complexity index is 1430. The molecule has 0 radical (unpaired) electrons. The number of hydrogen-bond acceptors (Lipinski definition) is 11. The number of aryl methyl sites for hydroxylation is 2. The SMILES string of the molecule is COCCOCCOCC(=O)NCCCC[C@H](NC(=O)COCCOCCOC)C(=O)N(C)CCCC(=O)NC(=O)Cc1ccc(CCCCc2ccccc2)cc1. The molecule has 15 heteroatoms. The first-order valence-corrected chi connectivity index (χ1v) is 20.3. The van der Waals surface area contributed by atoms with E-state index in [-0.39, 0.29) is 63.5 Å². The lowest BCUT2D eigenvalue weighted by Gasteiger charge is -2.25. The summed E-state index contributed by atoms with van der Waals surface area (Å²) in [5.41, 5.74) is 3.38. The number of hydrogen-bond donors (Lipinski definition) is 3. The number of methoxy groups -OCH3 is 2. The van der Waals surface area contributed by atoms with Gasteiger partial charge in [0.2, 0.25) is 29.5 Å². The summed E-state index contributed by atoms with van der Waals surface area (Å²) >= 11 is 0. The molecule has 0 aromatic heterocycles. The van der Waals surface area contributed by atoms with Gasteiger partial charge in [-0.25, -0.2) is 0 Å². The lowest BCUT2D eigenvalue weighted by Crippen LogP contribution is -2.48. The number of amides is 5. The van der Waals surface area contributed by atoms with Gasteiger partial charge in [0.05, 0.1) is 59.3 Å². The fourth-order valence-electron chi connectivity index (χ4n) is 5.73. The van der Waals surface area contributed by atoms with Gasteiger partial charge in [0.25, 0.3) is 0 Å². The Morgan fingerprint density at radius 1 is 0.586 bits per heavy atom. The number of benzene rings is 2. The fourth-order valence-corrected chi connectivity index (χ4v) is 5.73. The van der Waals surface area contributed by atoms with Gasteiger partial charge in [0.1, 0.15) is 19.3 Å². The molecule has 0 saturated heterocycles. The highest BCUT2D eigenvalue weighted by molar-refractivity contribution is 5.96. The van der Waals surface area contributed by atoms with Gasteiger partial charge in [-0.3, -0.25) is 29.3 Å². The Morgan fingerprint density at radius 3 is 1.76 bits per heavy atom. The van der Waals surface area contributed by atoms with E-state index in [1.165, 1.54) is 16.0 Å². The third kappa shape index (κ3) is 25.2. The summed E-state index contributed by atoms with van der Waals surface area (Å²) in [6, 6.07) is 17.5. The van der Waals surface area contributed by atoms with Crippen LogP contribution in [0.25, 0.3) is 0 Å². The van der Waals surface area contributed by atoms with Crippen LogP contribution in [0.2, 0.25) is 0 Å². The summed E-state index contributed by atoms with van der Waals surface area (Å²) in [5, 5.41) is 8.00. The lowest BCUT2D eigenvalue weighted by atomic mass is 10.0. The third-order valence-electron chi connectivity index (χ3n) is 8.91. The quantitative estimate of drug-likeness (QED) is 0.0885.